The largest absolute Gasteiger partial charge is 0.508 e. The summed E-state index contributed by atoms with van der Waals surface area (Å²) in [6, 6.07) is 8.51. The second-order valence-electron chi connectivity index (χ2n) is 5.33. The van der Waals surface area contributed by atoms with Gasteiger partial charge >= 0.3 is 0 Å². The maximum atomic E-state index is 13.9. The molecule has 2 rings (SSSR count). The van der Waals surface area contributed by atoms with Gasteiger partial charge in [0.25, 0.3) is 0 Å². The quantitative estimate of drug-likeness (QED) is 0.841. The lowest BCUT2D eigenvalue weighted by Crippen LogP contribution is -2.28. The molecule has 2 nitrogen and oxygen atoms in total. The molecule has 1 aromatic heterocycles. The first-order valence-electron chi connectivity index (χ1n) is 6.77. The van der Waals surface area contributed by atoms with Gasteiger partial charge in [-0.1, -0.05) is 26.0 Å². The van der Waals surface area contributed by atoms with Crippen LogP contribution in [0.4, 0.5) is 4.39 Å². The smallest absolute Gasteiger partial charge is 0.131 e. The lowest BCUT2D eigenvalue weighted by molar-refractivity contribution is 0.373. The number of hydrogen-bond donors (Lipinski definition) is 2. The Morgan fingerprint density at radius 3 is 2.50 bits per heavy atom. The van der Waals surface area contributed by atoms with E-state index in [0.29, 0.717) is 11.5 Å². The number of hydrogen-bond acceptors (Lipinski definition) is 3. The number of benzene rings is 1. The Balaban J connectivity index is 2.18. The van der Waals surface area contributed by atoms with Gasteiger partial charge < -0.3 is 10.4 Å². The van der Waals surface area contributed by atoms with Crippen LogP contribution in [0, 0.1) is 11.7 Å². The van der Waals surface area contributed by atoms with Crippen LogP contribution in [-0.2, 0) is 0 Å². The Bertz CT molecular complexity index is 554. The van der Waals surface area contributed by atoms with Crippen molar-refractivity contribution in [3.05, 3.63) is 52.0 Å². The number of rotatable bonds is 5. The first-order valence-corrected chi connectivity index (χ1v) is 7.65. The molecular weight excluding hydrogens is 273 g/mol. The van der Waals surface area contributed by atoms with Gasteiger partial charge in [0.1, 0.15) is 11.6 Å². The lowest BCUT2D eigenvalue weighted by atomic mass is 9.99. The lowest BCUT2D eigenvalue weighted by Gasteiger charge is -2.26. The van der Waals surface area contributed by atoms with Gasteiger partial charge in [-0.2, -0.15) is 0 Å². The zero-order valence-electron chi connectivity index (χ0n) is 11.9. The average Bonchev–Trinajstić information content (AvgIpc) is 2.88. The van der Waals surface area contributed by atoms with Crippen molar-refractivity contribution in [3.63, 3.8) is 0 Å². The van der Waals surface area contributed by atoms with Crippen molar-refractivity contribution in [2.45, 2.75) is 32.9 Å². The monoisotopic (exact) mass is 293 g/mol. The third-order valence-corrected chi connectivity index (χ3v) is 4.35. The highest BCUT2D eigenvalue weighted by Gasteiger charge is 2.21. The summed E-state index contributed by atoms with van der Waals surface area (Å²) in [4.78, 5) is 1.26. The molecule has 1 aromatic carbocycles. The van der Waals surface area contributed by atoms with Crippen LogP contribution in [-0.4, -0.2) is 5.11 Å². The predicted molar refractivity (Wildman–Crippen MR) is 81.5 cm³/mol. The Kier molecular flexibility index (Phi) is 4.78. The number of nitrogens with one attached hydrogen (secondary N) is 1. The molecule has 0 aliphatic heterocycles. The molecule has 0 amide bonds. The molecule has 2 unspecified atom stereocenters. The summed E-state index contributed by atoms with van der Waals surface area (Å²) in [5.74, 6) is -0.00733. The molecule has 108 valence electrons. The second kappa shape index (κ2) is 6.37. The minimum Gasteiger partial charge on any atom is -0.508 e. The third kappa shape index (κ3) is 3.38. The van der Waals surface area contributed by atoms with E-state index in [1.54, 1.807) is 17.4 Å². The highest BCUT2D eigenvalue weighted by atomic mass is 32.1. The normalized spacial score (nSPS) is 14.4. The molecule has 2 aromatic rings. The van der Waals surface area contributed by atoms with Gasteiger partial charge in [0, 0.05) is 28.6 Å². The predicted octanol–water partition coefficient (Wildman–Crippen LogP) is 4.64. The molecular formula is C16H20FNOS. The van der Waals surface area contributed by atoms with Gasteiger partial charge in [-0.25, -0.2) is 4.39 Å². The number of phenols is 1. The number of phenolic OH excluding ortho intramolecular Hbond substituents is 1. The average molecular weight is 293 g/mol. The van der Waals surface area contributed by atoms with Crippen molar-refractivity contribution in [1.29, 1.82) is 0 Å². The summed E-state index contributed by atoms with van der Waals surface area (Å²) in [5.41, 5.74) is 0.574. The summed E-state index contributed by atoms with van der Waals surface area (Å²) in [6.45, 7) is 6.24. The highest BCUT2D eigenvalue weighted by Crippen LogP contribution is 2.30. The van der Waals surface area contributed by atoms with Crippen LogP contribution in [0.2, 0.25) is 0 Å². The molecule has 0 radical (unpaired) electrons. The van der Waals surface area contributed by atoms with E-state index >= 15 is 0 Å². The van der Waals surface area contributed by atoms with Gasteiger partial charge in [0.05, 0.1) is 0 Å². The molecule has 1 heterocycles. The molecule has 0 spiro atoms. The van der Waals surface area contributed by atoms with E-state index in [1.807, 2.05) is 13.0 Å². The van der Waals surface area contributed by atoms with Crippen LogP contribution in [0.5, 0.6) is 5.75 Å². The fourth-order valence-corrected chi connectivity index (χ4v) is 3.26. The topological polar surface area (TPSA) is 32.3 Å². The van der Waals surface area contributed by atoms with E-state index in [-0.39, 0.29) is 23.7 Å². The summed E-state index contributed by atoms with van der Waals surface area (Å²) >= 11 is 1.71. The molecule has 2 N–H and O–H groups in total. The molecule has 0 fully saturated rings. The summed E-state index contributed by atoms with van der Waals surface area (Å²) < 4.78 is 13.9. The van der Waals surface area contributed by atoms with Gasteiger partial charge in [-0.05, 0) is 30.4 Å². The van der Waals surface area contributed by atoms with E-state index in [2.05, 4.69) is 30.6 Å². The third-order valence-electron chi connectivity index (χ3n) is 3.40. The molecule has 0 saturated carbocycles. The summed E-state index contributed by atoms with van der Waals surface area (Å²) in [5, 5.41) is 14.8. The van der Waals surface area contributed by atoms with Gasteiger partial charge in [0.2, 0.25) is 0 Å². The first-order chi connectivity index (χ1) is 9.49. The number of aromatic hydroxyl groups is 1. The molecule has 4 heteroatoms. The molecule has 0 aliphatic rings. The minimum atomic E-state index is -0.376. The minimum absolute atomic E-state index is 0.0443. The summed E-state index contributed by atoms with van der Waals surface area (Å²) in [7, 11) is 0. The van der Waals surface area contributed by atoms with Crippen LogP contribution in [0.1, 0.15) is 43.3 Å². The van der Waals surface area contributed by atoms with Crippen molar-refractivity contribution in [2.75, 3.05) is 0 Å². The Morgan fingerprint density at radius 2 is 1.95 bits per heavy atom. The van der Waals surface area contributed by atoms with Gasteiger partial charge in [0.15, 0.2) is 0 Å². The molecule has 0 saturated heterocycles. The van der Waals surface area contributed by atoms with E-state index in [9.17, 15) is 9.50 Å². The van der Waals surface area contributed by atoms with Crippen LogP contribution in [0.25, 0.3) is 0 Å². The Hall–Kier alpha value is -1.39. The Labute approximate surface area is 123 Å². The van der Waals surface area contributed by atoms with E-state index in [4.69, 9.17) is 0 Å². The van der Waals surface area contributed by atoms with E-state index < -0.39 is 0 Å². The van der Waals surface area contributed by atoms with Gasteiger partial charge in [-0.3, -0.25) is 0 Å². The zero-order valence-corrected chi connectivity index (χ0v) is 12.7. The van der Waals surface area contributed by atoms with Crippen LogP contribution >= 0.6 is 11.3 Å². The summed E-state index contributed by atoms with van der Waals surface area (Å²) in [6.07, 6.45) is 0. The zero-order chi connectivity index (χ0) is 14.7. The van der Waals surface area contributed by atoms with Crippen LogP contribution < -0.4 is 5.32 Å². The second-order valence-corrected chi connectivity index (χ2v) is 6.31. The van der Waals surface area contributed by atoms with Crippen molar-refractivity contribution < 1.29 is 9.50 Å². The molecule has 0 bridgehead atoms. The van der Waals surface area contributed by atoms with Crippen molar-refractivity contribution in [2.24, 2.45) is 5.92 Å². The van der Waals surface area contributed by atoms with E-state index in [1.165, 1.54) is 10.9 Å². The molecule has 20 heavy (non-hydrogen) atoms. The fraction of sp³-hybridized carbons (Fsp3) is 0.375. The number of halogens is 1. The van der Waals surface area contributed by atoms with Crippen molar-refractivity contribution in [1.82, 2.24) is 5.32 Å². The van der Waals surface area contributed by atoms with Crippen LogP contribution in [0.3, 0.4) is 0 Å². The maximum absolute atomic E-state index is 13.9. The SMILES string of the molecule is CC(NC(c1cccs1)C(C)C)c1ccc(O)cc1F. The fourth-order valence-electron chi connectivity index (χ4n) is 2.30. The van der Waals surface area contributed by atoms with Crippen molar-refractivity contribution in [3.8, 4) is 5.75 Å². The Morgan fingerprint density at radius 1 is 1.20 bits per heavy atom. The highest BCUT2D eigenvalue weighted by molar-refractivity contribution is 7.10. The first kappa shape index (κ1) is 15.0. The number of thiophene rings is 1. The molecule has 0 aliphatic carbocycles. The van der Waals surface area contributed by atoms with E-state index in [0.717, 1.165) is 6.07 Å². The van der Waals surface area contributed by atoms with Crippen molar-refractivity contribution >= 4 is 11.3 Å². The maximum Gasteiger partial charge on any atom is 0.131 e. The van der Waals surface area contributed by atoms with Gasteiger partial charge in [-0.15, -0.1) is 11.3 Å². The molecule has 2 atom stereocenters. The standard InChI is InChI=1S/C16H20FNOS/c1-10(2)16(15-5-4-8-20-15)18-11(3)13-7-6-12(19)9-14(13)17/h4-11,16,18-19H,1-3H3. The van der Waals surface area contributed by atoms with Crippen LogP contribution in [0.15, 0.2) is 35.7 Å².